The molecule has 0 fully saturated rings. The molecule has 0 heterocycles. The molecule has 1 rings (SSSR count). The van der Waals surface area contributed by atoms with Gasteiger partial charge in [-0.25, -0.2) is 0 Å². The van der Waals surface area contributed by atoms with Crippen molar-refractivity contribution in [2.24, 2.45) is 11.1 Å². The van der Waals surface area contributed by atoms with Crippen LogP contribution in [0.5, 0.6) is 0 Å². The van der Waals surface area contributed by atoms with E-state index in [0.717, 1.165) is 0 Å². The summed E-state index contributed by atoms with van der Waals surface area (Å²) < 4.78 is 0. The number of carbonyl (C=O) groups is 1. The summed E-state index contributed by atoms with van der Waals surface area (Å²) in [5.41, 5.74) is 5.19. The lowest BCUT2D eigenvalue weighted by Crippen LogP contribution is -2.35. The van der Waals surface area contributed by atoms with Crippen molar-refractivity contribution < 1.29 is 15.0 Å². The number of rotatable bonds is 3. The Balaban J connectivity index is 2.61. The molecule has 0 saturated heterocycles. The molecule has 4 N–H and O–H groups in total. The summed E-state index contributed by atoms with van der Waals surface area (Å²) in [6.07, 6.45) is 6.07. The molecule has 14 heavy (non-hydrogen) atoms. The molecule has 2 unspecified atom stereocenters. The summed E-state index contributed by atoms with van der Waals surface area (Å²) in [6.45, 7) is 1.93. The quantitative estimate of drug-likeness (QED) is 0.634. The Morgan fingerprint density at radius 3 is 2.86 bits per heavy atom. The average molecular weight is 197 g/mol. The van der Waals surface area contributed by atoms with Crippen molar-refractivity contribution in [1.29, 1.82) is 0 Å². The number of hydrogen-bond acceptors (Lipinski definition) is 3. The summed E-state index contributed by atoms with van der Waals surface area (Å²) in [7, 11) is 0. The highest BCUT2D eigenvalue weighted by Crippen LogP contribution is 2.33. The number of allylic oxidation sites excluding steroid dienone is 3. The first-order chi connectivity index (χ1) is 6.43. The van der Waals surface area contributed by atoms with E-state index < -0.39 is 12.0 Å². The van der Waals surface area contributed by atoms with E-state index in [0.29, 0.717) is 12.8 Å². The molecule has 0 aromatic carbocycles. The smallest absolute Gasteiger partial charge is 0.320 e. The van der Waals surface area contributed by atoms with Gasteiger partial charge in [0, 0.05) is 0 Å². The molecule has 4 heteroatoms. The highest BCUT2D eigenvalue weighted by Gasteiger charge is 2.28. The summed E-state index contributed by atoms with van der Waals surface area (Å²) in [4.78, 5) is 10.6. The molecule has 0 aromatic heterocycles. The van der Waals surface area contributed by atoms with E-state index in [-0.39, 0.29) is 11.2 Å². The number of aliphatic carboxylic acids is 1. The van der Waals surface area contributed by atoms with Crippen LogP contribution in [0.3, 0.4) is 0 Å². The highest BCUT2D eigenvalue weighted by molar-refractivity contribution is 5.73. The Morgan fingerprint density at radius 1 is 1.79 bits per heavy atom. The summed E-state index contributed by atoms with van der Waals surface area (Å²) in [5.74, 6) is -0.759. The molecule has 0 bridgehead atoms. The Bertz CT molecular complexity index is 296. The fourth-order valence-electron chi connectivity index (χ4n) is 1.50. The van der Waals surface area contributed by atoms with Crippen LogP contribution in [-0.2, 0) is 4.79 Å². The minimum absolute atomic E-state index is 0.228. The van der Waals surface area contributed by atoms with Crippen LogP contribution in [0.25, 0.3) is 0 Å². The third kappa shape index (κ3) is 2.60. The SMILES string of the molecule is CC1(CC(N)C(=O)O)C=CC(O)=CC1. The Labute approximate surface area is 82.7 Å². The average Bonchev–Trinajstić information content (AvgIpc) is 2.10. The summed E-state index contributed by atoms with van der Waals surface area (Å²) in [5, 5.41) is 17.8. The van der Waals surface area contributed by atoms with Crippen LogP contribution in [-0.4, -0.2) is 22.2 Å². The van der Waals surface area contributed by atoms with Crippen molar-refractivity contribution in [1.82, 2.24) is 0 Å². The Kier molecular flexibility index (Phi) is 2.96. The maximum Gasteiger partial charge on any atom is 0.320 e. The van der Waals surface area contributed by atoms with Gasteiger partial charge < -0.3 is 15.9 Å². The lowest BCUT2D eigenvalue weighted by Gasteiger charge is -2.28. The van der Waals surface area contributed by atoms with Crippen LogP contribution >= 0.6 is 0 Å². The number of hydrogen-bond donors (Lipinski definition) is 3. The number of carboxylic acid groups (broad SMARTS) is 1. The van der Waals surface area contributed by atoms with E-state index >= 15 is 0 Å². The van der Waals surface area contributed by atoms with Crippen molar-refractivity contribution in [3.05, 3.63) is 24.0 Å². The topological polar surface area (TPSA) is 83.6 Å². The highest BCUT2D eigenvalue weighted by atomic mass is 16.4. The van der Waals surface area contributed by atoms with Gasteiger partial charge in [0.1, 0.15) is 11.8 Å². The Hall–Kier alpha value is -1.29. The number of nitrogens with two attached hydrogens (primary N) is 1. The van der Waals surface area contributed by atoms with Gasteiger partial charge in [0.05, 0.1) is 0 Å². The molecule has 0 radical (unpaired) electrons. The van der Waals surface area contributed by atoms with Crippen LogP contribution in [0.2, 0.25) is 0 Å². The molecule has 1 aliphatic rings. The predicted molar refractivity (Wildman–Crippen MR) is 52.8 cm³/mol. The number of aliphatic hydroxyl groups is 1. The number of aliphatic hydroxyl groups excluding tert-OH is 1. The molecule has 78 valence electrons. The van der Waals surface area contributed by atoms with Crippen LogP contribution in [0, 0.1) is 5.41 Å². The predicted octanol–water partition coefficient (Wildman–Crippen LogP) is 1.20. The fourth-order valence-corrected chi connectivity index (χ4v) is 1.50. The Morgan fingerprint density at radius 2 is 2.43 bits per heavy atom. The fraction of sp³-hybridized carbons (Fsp3) is 0.500. The first-order valence-corrected chi connectivity index (χ1v) is 4.50. The third-order valence-corrected chi connectivity index (χ3v) is 2.44. The van der Waals surface area contributed by atoms with Gasteiger partial charge in [-0.05, 0) is 30.4 Å². The summed E-state index contributed by atoms with van der Waals surface area (Å²) >= 11 is 0. The van der Waals surface area contributed by atoms with Gasteiger partial charge in [-0.2, -0.15) is 0 Å². The minimum atomic E-state index is -0.988. The van der Waals surface area contributed by atoms with Gasteiger partial charge in [0.2, 0.25) is 0 Å². The molecule has 0 aromatic rings. The van der Waals surface area contributed by atoms with E-state index in [1.54, 1.807) is 12.2 Å². The maximum absolute atomic E-state index is 10.6. The first-order valence-electron chi connectivity index (χ1n) is 4.50. The number of carboxylic acids is 1. The zero-order valence-electron chi connectivity index (χ0n) is 8.10. The lowest BCUT2D eigenvalue weighted by molar-refractivity contribution is -0.139. The monoisotopic (exact) mass is 197 g/mol. The third-order valence-electron chi connectivity index (χ3n) is 2.44. The van der Waals surface area contributed by atoms with Crippen LogP contribution in [0.4, 0.5) is 0 Å². The summed E-state index contributed by atoms with van der Waals surface area (Å²) in [6, 6.07) is -0.849. The molecule has 1 aliphatic carbocycles. The largest absolute Gasteiger partial charge is 0.508 e. The normalized spacial score (nSPS) is 28.3. The molecule has 0 spiro atoms. The van der Waals surface area contributed by atoms with Gasteiger partial charge >= 0.3 is 5.97 Å². The zero-order chi connectivity index (χ0) is 10.8. The van der Waals surface area contributed by atoms with Crippen LogP contribution < -0.4 is 5.73 Å². The van der Waals surface area contributed by atoms with Gasteiger partial charge in [0.15, 0.2) is 0 Å². The second-order valence-corrected chi connectivity index (χ2v) is 3.97. The molecule has 0 amide bonds. The lowest BCUT2D eigenvalue weighted by atomic mass is 9.78. The van der Waals surface area contributed by atoms with Gasteiger partial charge in [-0.1, -0.05) is 13.0 Å². The van der Waals surface area contributed by atoms with Crippen LogP contribution in [0.15, 0.2) is 24.0 Å². The standard InChI is InChI=1S/C10H15NO3/c1-10(6-8(11)9(13)14)4-2-7(12)3-5-10/h2-4,8,12H,5-6,11H2,1H3,(H,13,14). The van der Waals surface area contributed by atoms with Crippen molar-refractivity contribution in [2.75, 3.05) is 0 Å². The van der Waals surface area contributed by atoms with Gasteiger partial charge in [-0.3, -0.25) is 4.79 Å². The molecular formula is C10H15NO3. The van der Waals surface area contributed by atoms with E-state index in [2.05, 4.69) is 0 Å². The molecule has 0 saturated carbocycles. The maximum atomic E-state index is 10.6. The van der Waals surface area contributed by atoms with Crippen molar-refractivity contribution in [3.63, 3.8) is 0 Å². The minimum Gasteiger partial charge on any atom is -0.508 e. The van der Waals surface area contributed by atoms with Gasteiger partial charge in [0.25, 0.3) is 0 Å². The van der Waals surface area contributed by atoms with Gasteiger partial charge in [-0.15, -0.1) is 0 Å². The van der Waals surface area contributed by atoms with E-state index in [4.69, 9.17) is 15.9 Å². The first kappa shape index (κ1) is 10.8. The molecule has 2 atom stereocenters. The molecular weight excluding hydrogens is 182 g/mol. The van der Waals surface area contributed by atoms with E-state index in [1.165, 1.54) is 0 Å². The van der Waals surface area contributed by atoms with E-state index in [1.807, 2.05) is 13.0 Å². The second-order valence-electron chi connectivity index (χ2n) is 3.97. The van der Waals surface area contributed by atoms with Crippen LogP contribution in [0.1, 0.15) is 19.8 Å². The zero-order valence-corrected chi connectivity index (χ0v) is 8.10. The molecule has 0 aliphatic heterocycles. The molecule has 4 nitrogen and oxygen atoms in total. The van der Waals surface area contributed by atoms with Crippen molar-refractivity contribution in [2.45, 2.75) is 25.8 Å². The van der Waals surface area contributed by atoms with Crippen molar-refractivity contribution >= 4 is 5.97 Å². The van der Waals surface area contributed by atoms with E-state index in [9.17, 15) is 4.79 Å². The van der Waals surface area contributed by atoms with Crippen molar-refractivity contribution in [3.8, 4) is 0 Å². The second kappa shape index (κ2) is 3.84.